The summed E-state index contributed by atoms with van der Waals surface area (Å²) in [5, 5.41) is 12.3. The van der Waals surface area contributed by atoms with Gasteiger partial charge in [-0.3, -0.25) is 9.36 Å². The predicted molar refractivity (Wildman–Crippen MR) is 93.6 cm³/mol. The van der Waals surface area contributed by atoms with Crippen LogP contribution in [0.1, 0.15) is 23.1 Å². The zero-order valence-corrected chi connectivity index (χ0v) is 13.6. The number of imidazole rings is 1. The first-order valence-corrected chi connectivity index (χ1v) is 7.73. The molecule has 3 aromatic rings. The number of rotatable bonds is 6. The van der Waals surface area contributed by atoms with Gasteiger partial charge < -0.3 is 16.2 Å². The van der Waals surface area contributed by atoms with Gasteiger partial charge in [-0.05, 0) is 37.3 Å². The van der Waals surface area contributed by atoms with Gasteiger partial charge in [0.05, 0.1) is 6.10 Å². The van der Waals surface area contributed by atoms with Crippen LogP contribution in [-0.2, 0) is 0 Å². The van der Waals surface area contributed by atoms with E-state index in [1.807, 2.05) is 0 Å². The highest BCUT2D eigenvalue weighted by atomic mass is 16.3. The molecule has 8 nitrogen and oxygen atoms in total. The van der Waals surface area contributed by atoms with E-state index in [4.69, 9.17) is 5.73 Å². The number of benzene rings is 1. The fourth-order valence-electron chi connectivity index (χ4n) is 2.23. The maximum Gasteiger partial charge on any atom is 0.228 e. The van der Waals surface area contributed by atoms with E-state index in [2.05, 4.69) is 20.3 Å². The first-order valence-electron chi connectivity index (χ1n) is 7.73. The van der Waals surface area contributed by atoms with E-state index < -0.39 is 6.10 Å². The summed E-state index contributed by atoms with van der Waals surface area (Å²) in [7, 11) is 0. The molecule has 0 aliphatic heterocycles. The summed E-state index contributed by atoms with van der Waals surface area (Å²) < 4.78 is 1.59. The molecule has 0 spiro atoms. The highest BCUT2D eigenvalue weighted by molar-refractivity contribution is 6.07. The number of aliphatic hydroxyl groups is 1. The molecule has 1 aromatic carbocycles. The molecule has 0 radical (unpaired) electrons. The van der Waals surface area contributed by atoms with Crippen molar-refractivity contribution in [3.63, 3.8) is 0 Å². The summed E-state index contributed by atoms with van der Waals surface area (Å²) in [5.41, 5.74) is 6.74. The van der Waals surface area contributed by atoms with Crippen LogP contribution in [-0.4, -0.2) is 43.1 Å². The Morgan fingerprint density at radius 2 is 2.00 bits per heavy atom. The molecule has 0 amide bonds. The maximum absolute atomic E-state index is 12.7. The lowest BCUT2D eigenvalue weighted by atomic mass is 10.1. The van der Waals surface area contributed by atoms with Gasteiger partial charge in [0, 0.05) is 36.4 Å². The summed E-state index contributed by atoms with van der Waals surface area (Å²) >= 11 is 0. The average Bonchev–Trinajstić information content (AvgIpc) is 3.10. The summed E-state index contributed by atoms with van der Waals surface area (Å²) in [6, 6.07) is 8.33. The molecule has 2 aromatic heterocycles. The smallest absolute Gasteiger partial charge is 0.228 e. The van der Waals surface area contributed by atoms with Crippen LogP contribution >= 0.6 is 0 Å². The van der Waals surface area contributed by atoms with Crippen LogP contribution in [0.2, 0.25) is 0 Å². The van der Waals surface area contributed by atoms with Gasteiger partial charge in [-0.15, -0.1) is 0 Å². The Morgan fingerprint density at radius 1 is 1.24 bits per heavy atom. The van der Waals surface area contributed by atoms with Crippen molar-refractivity contribution in [2.24, 2.45) is 0 Å². The van der Waals surface area contributed by atoms with E-state index in [0.29, 0.717) is 29.6 Å². The molecule has 0 saturated heterocycles. The van der Waals surface area contributed by atoms with Crippen LogP contribution in [0.15, 0.2) is 48.9 Å². The van der Waals surface area contributed by atoms with Crippen molar-refractivity contribution < 1.29 is 9.90 Å². The molecular weight excluding hydrogens is 320 g/mol. The van der Waals surface area contributed by atoms with E-state index in [1.165, 1.54) is 6.20 Å². The largest absolute Gasteiger partial charge is 0.399 e. The average molecular weight is 338 g/mol. The predicted octanol–water partition coefficient (Wildman–Crippen LogP) is 1.27. The SMILES string of the molecule is C[C@H](O)CNc1nccc(-n2ccnc2C(=O)c2ccc(N)cc2)n1. The molecule has 1 atom stereocenters. The van der Waals surface area contributed by atoms with Crippen LogP contribution in [0.5, 0.6) is 0 Å². The number of hydrogen-bond donors (Lipinski definition) is 3. The van der Waals surface area contributed by atoms with Gasteiger partial charge in [0.2, 0.25) is 11.7 Å². The summed E-state index contributed by atoms with van der Waals surface area (Å²) in [6.07, 6.45) is 4.24. The fraction of sp³-hybridized carbons (Fsp3) is 0.176. The third-order valence-electron chi connectivity index (χ3n) is 3.46. The number of carbonyl (C=O) groups is 1. The molecule has 4 N–H and O–H groups in total. The van der Waals surface area contributed by atoms with Crippen molar-refractivity contribution in [3.05, 3.63) is 60.3 Å². The second-order valence-corrected chi connectivity index (χ2v) is 5.54. The molecule has 3 rings (SSSR count). The molecule has 0 bridgehead atoms. The molecule has 0 saturated carbocycles. The normalized spacial score (nSPS) is 11.9. The van der Waals surface area contributed by atoms with Crippen LogP contribution in [0.25, 0.3) is 5.82 Å². The van der Waals surface area contributed by atoms with E-state index >= 15 is 0 Å². The number of anilines is 2. The van der Waals surface area contributed by atoms with Crippen molar-refractivity contribution in [3.8, 4) is 5.82 Å². The molecule has 0 aliphatic rings. The lowest BCUT2D eigenvalue weighted by molar-refractivity contribution is 0.102. The minimum Gasteiger partial charge on any atom is -0.399 e. The number of nitrogens with zero attached hydrogens (tertiary/aromatic N) is 4. The van der Waals surface area contributed by atoms with Gasteiger partial charge in [0.1, 0.15) is 5.82 Å². The topological polar surface area (TPSA) is 119 Å². The van der Waals surface area contributed by atoms with Crippen LogP contribution < -0.4 is 11.1 Å². The first kappa shape index (κ1) is 16.6. The summed E-state index contributed by atoms with van der Waals surface area (Å²) in [5.74, 6) is 0.865. The second-order valence-electron chi connectivity index (χ2n) is 5.54. The Bertz CT molecular complexity index is 873. The quantitative estimate of drug-likeness (QED) is 0.457. The van der Waals surface area contributed by atoms with E-state index in [1.54, 1.807) is 54.2 Å². The molecule has 128 valence electrons. The molecule has 8 heteroatoms. The Labute approximate surface area is 144 Å². The zero-order chi connectivity index (χ0) is 17.8. The Hall–Kier alpha value is -3.26. The number of aromatic nitrogens is 4. The Morgan fingerprint density at radius 3 is 2.72 bits per heavy atom. The molecular formula is C17H18N6O2. The third kappa shape index (κ3) is 3.81. The lowest BCUT2D eigenvalue weighted by Gasteiger charge is -2.10. The van der Waals surface area contributed by atoms with Gasteiger partial charge in [-0.25, -0.2) is 9.97 Å². The molecule has 0 aliphatic carbocycles. The Balaban J connectivity index is 1.90. The molecule has 0 fully saturated rings. The van der Waals surface area contributed by atoms with Crippen molar-refractivity contribution in [1.29, 1.82) is 0 Å². The number of nitrogen functional groups attached to an aromatic ring is 1. The lowest BCUT2D eigenvalue weighted by Crippen LogP contribution is -2.17. The number of aliphatic hydroxyl groups excluding tert-OH is 1. The zero-order valence-electron chi connectivity index (χ0n) is 13.6. The van der Waals surface area contributed by atoms with Crippen molar-refractivity contribution in [2.75, 3.05) is 17.6 Å². The van der Waals surface area contributed by atoms with Crippen molar-refractivity contribution in [2.45, 2.75) is 13.0 Å². The fourth-order valence-corrected chi connectivity index (χ4v) is 2.23. The van der Waals surface area contributed by atoms with Gasteiger partial charge in [0.25, 0.3) is 0 Å². The molecule has 0 unspecified atom stereocenters. The second kappa shape index (κ2) is 7.10. The van der Waals surface area contributed by atoms with Crippen LogP contribution in [0.4, 0.5) is 11.6 Å². The summed E-state index contributed by atoms with van der Waals surface area (Å²) in [6.45, 7) is 1.99. The van der Waals surface area contributed by atoms with Gasteiger partial charge in [-0.2, -0.15) is 4.98 Å². The van der Waals surface area contributed by atoms with E-state index in [-0.39, 0.29) is 11.6 Å². The molecule has 25 heavy (non-hydrogen) atoms. The number of nitrogens with two attached hydrogens (primary N) is 1. The van der Waals surface area contributed by atoms with Crippen LogP contribution in [0, 0.1) is 0 Å². The van der Waals surface area contributed by atoms with Crippen molar-refractivity contribution >= 4 is 17.4 Å². The van der Waals surface area contributed by atoms with Crippen LogP contribution in [0.3, 0.4) is 0 Å². The highest BCUT2D eigenvalue weighted by Crippen LogP contribution is 2.15. The first-order chi connectivity index (χ1) is 12.0. The molecule has 2 heterocycles. The standard InChI is InChI=1S/C17H18N6O2/c1-11(24)10-21-17-20-7-6-14(22-17)23-9-8-19-16(23)15(25)12-2-4-13(18)5-3-12/h2-9,11,24H,10,18H2,1H3,(H,20,21,22)/t11-/m0/s1. The highest BCUT2D eigenvalue weighted by Gasteiger charge is 2.17. The number of hydrogen-bond acceptors (Lipinski definition) is 7. The minimum atomic E-state index is -0.525. The number of ketones is 1. The number of nitrogens with one attached hydrogen (secondary N) is 1. The number of carbonyl (C=O) groups excluding carboxylic acids is 1. The van der Waals surface area contributed by atoms with Gasteiger partial charge in [-0.1, -0.05) is 0 Å². The van der Waals surface area contributed by atoms with Gasteiger partial charge in [0.15, 0.2) is 5.82 Å². The monoisotopic (exact) mass is 338 g/mol. The van der Waals surface area contributed by atoms with Gasteiger partial charge >= 0.3 is 0 Å². The van der Waals surface area contributed by atoms with E-state index in [0.717, 1.165) is 0 Å². The Kier molecular flexibility index (Phi) is 4.71. The maximum atomic E-state index is 12.7. The van der Waals surface area contributed by atoms with Crippen molar-refractivity contribution in [1.82, 2.24) is 19.5 Å². The van der Waals surface area contributed by atoms with E-state index in [9.17, 15) is 9.90 Å². The third-order valence-corrected chi connectivity index (χ3v) is 3.46. The summed E-state index contributed by atoms with van der Waals surface area (Å²) in [4.78, 5) is 25.3. The minimum absolute atomic E-state index is 0.234.